The van der Waals surface area contributed by atoms with Crippen LogP contribution in [0.15, 0.2) is 18.3 Å². The fourth-order valence-electron chi connectivity index (χ4n) is 2.00. The van der Waals surface area contributed by atoms with Crippen molar-refractivity contribution in [2.75, 3.05) is 20.2 Å². The molecular weight excluding hydrogens is 245 g/mol. The number of halogens is 3. The molecule has 1 fully saturated rings. The normalized spacial score (nSPS) is 21.2. The fraction of sp³-hybridized carbons (Fsp3) is 0.583. The van der Waals surface area contributed by atoms with E-state index in [2.05, 4.69) is 9.88 Å². The van der Waals surface area contributed by atoms with Crippen molar-refractivity contribution < 1.29 is 17.9 Å². The Balaban J connectivity index is 1.90. The summed E-state index contributed by atoms with van der Waals surface area (Å²) in [5, 5.41) is 0. The van der Waals surface area contributed by atoms with Gasteiger partial charge in [0.25, 0.3) is 0 Å². The highest BCUT2D eigenvalue weighted by Crippen LogP contribution is 2.29. The van der Waals surface area contributed by atoms with E-state index in [0.717, 1.165) is 31.6 Å². The second kappa shape index (κ2) is 5.14. The van der Waals surface area contributed by atoms with Crippen molar-refractivity contribution in [3.63, 3.8) is 0 Å². The van der Waals surface area contributed by atoms with E-state index in [-0.39, 0.29) is 5.88 Å². The molecule has 0 aromatic carbocycles. The van der Waals surface area contributed by atoms with Crippen molar-refractivity contribution in [3.05, 3.63) is 23.9 Å². The van der Waals surface area contributed by atoms with E-state index in [9.17, 15) is 13.2 Å². The lowest BCUT2D eigenvalue weighted by molar-refractivity contribution is -0.137. The minimum atomic E-state index is -4.35. The van der Waals surface area contributed by atoms with Crippen LogP contribution < -0.4 is 4.74 Å². The van der Waals surface area contributed by atoms with Crippen LogP contribution in [0.3, 0.4) is 0 Å². The van der Waals surface area contributed by atoms with E-state index in [4.69, 9.17) is 4.74 Å². The van der Waals surface area contributed by atoms with E-state index in [1.54, 1.807) is 0 Å². The predicted octanol–water partition coefficient (Wildman–Crippen LogP) is 2.57. The summed E-state index contributed by atoms with van der Waals surface area (Å²) in [5.41, 5.74) is -0.757. The van der Waals surface area contributed by atoms with Crippen LogP contribution in [0.1, 0.15) is 18.4 Å². The summed E-state index contributed by atoms with van der Waals surface area (Å²) in [5.74, 6) is 0.239. The topological polar surface area (TPSA) is 25.4 Å². The maximum atomic E-state index is 12.3. The second-order valence-electron chi connectivity index (χ2n) is 4.47. The zero-order valence-corrected chi connectivity index (χ0v) is 10.1. The SMILES string of the molecule is CN1CCC[C@@H]1COc1ccc(C(F)(F)F)cn1. The largest absolute Gasteiger partial charge is 0.476 e. The van der Waals surface area contributed by atoms with Gasteiger partial charge >= 0.3 is 6.18 Å². The van der Waals surface area contributed by atoms with Crippen LogP contribution in [0.4, 0.5) is 13.2 Å². The van der Waals surface area contributed by atoms with Crippen molar-refractivity contribution in [3.8, 4) is 5.88 Å². The lowest BCUT2D eigenvalue weighted by atomic mass is 10.2. The van der Waals surface area contributed by atoms with Crippen molar-refractivity contribution in [2.24, 2.45) is 0 Å². The summed E-state index contributed by atoms with van der Waals surface area (Å²) in [6, 6.07) is 2.58. The number of rotatable bonds is 3. The van der Waals surface area contributed by atoms with E-state index < -0.39 is 11.7 Å². The van der Waals surface area contributed by atoms with E-state index in [1.165, 1.54) is 6.07 Å². The van der Waals surface area contributed by atoms with Crippen LogP contribution in [0.2, 0.25) is 0 Å². The molecule has 0 saturated carbocycles. The highest BCUT2D eigenvalue weighted by Gasteiger charge is 2.30. The van der Waals surface area contributed by atoms with Gasteiger partial charge in [-0.1, -0.05) is 0 Å². The van der Waals surface area contributed by atoms with Gasteiger partial charge in [0.15, 0.2) is 0 Å². The Bertz CT molecular complexity index is 391. The minimum absolute atomic E-state index is 0.239. The number of hydrogen-bond donors (Lipinski definition) is 0. The number of hydrogen-bond acceptors (Lipinski definition) is 3. The monoisotopic (exact) mass is 260 g/mol. The first-order valence-corrected chi connectivity index (χ1v) is 5.83. The molecule has 0 bridgehead atoms. The molecule has 3 nitrogen and oxygen atoms in total. The number of likely N-dealkylation sites (tertiary alicyclic amines) is 1. The van der Waals surface area contributed by atoms with Gasteiger partial charge in [-0.15, -0.1) is 0 Å². The molecule has 1 atom stereocenters. The van der Waals surface area contributed by atoms with E-state index >= 15 is 0 Å². The molecule has 0 aliphatic carbocycles. The van der Waals surface area contributed by atoms with Crippen LogP contribution in [0, 0.1) is 0 Å². The molecule has 1 aromatic heterocycles. The molecule has 18 heavy (non-hydrogen) atoms. The summed E-state index contributed by atoms with van der Waals surface area (Å²) in [4.78, 5) is 5.86. The van der Waals surface area contributed by atoms with Gasteiger partial charge in [-0.3, -0.25) is 0 Å². The lowest BCUT2D eigenvalue weighted by Crippen LogP contribution is -2.30. The number of likely N-dealkylation sites (N-methyl/N-ethyl adjacent to an activating group) is 1. The summed E-state index contributed by atoms with van der Waals surface area (Å²) >= 11 is 0. The third-order valence-corrected chi connectivity index (χ3v) is 3.16. The lowest BCUT2D eigenvalue weighted by Gasteiger charge is -2.19. The smallest absolute Gasteiger partial charge is 0.417 e. The van der Waals surface area contributed by atoms with Gasteiger partial charge in [-0.2, -0.15) is 13.2 Å². The predicted molar refractivity (Wildman–Crippen MR) is 60.4 cm³/mol. The summed E-state index contributed by atoms with van der Waals surface area (Å²) in [7, 11) is 2.02. The Labute approximate surface area is 104 Å². The van der Waals surface area contributed by atoms with Gasteiger partial charge in [-0.05, 0) is 32.5 Å². The first-order chi connectivity index (χ1) is 8.47. The van der Waals surface area contributed by atoms with Gasteiger partial charge in [-0.25, -0.2) is 4.98 Å². The maximum absolute atomic E-state index is 12.3. The van der Waals surface area contributed by atoms with Crippen LogP contribution in [-0.2, 0) is 6.18 Å². The molecule has 0 unspecified atom stereocenters. The molecule has 6 heteroatoms. The maximum Gasteiger partial charge on any atom is 0.417 e. The Morgan fingerprint density at radius 1 is 1.44 bits per heavy atom. The molecule has 2 rings (SSSR count). The van der Waals surface area contributed by atoms with Crippen LogP contribution in [-0.4, -0.2) is 36.1 Å². The quantitative estimate of drug-likeness (QED) is 0.835. The van der Waals surface area contributed by atoms with Crippen LogP contribution in [0.5, 0.6) is 5.88 Å². The molecule has 0 amide bonds. The number of aromatic nitrogens is 1. The molecule has 0 radical (unpaired) electrons. The number of pyridine rings is 1. The van der Waals surface area contributed by atoms with Crippen molar-refractivity contribution in [1.29, 1.82) is 0 Å². The zero-order chi connectivity index (χ0) is 13.2. The van der Waals surface area contributed by atoms with Crippen molar-refractivity contribution >= 4 is 0 Å². The Morgan fingerprint density at radius 3 is 2.72 bits per heavy atom. The van der Waals surface area contributed by atoms with Crippen molar-refractivity contribution in [2.45, 2.75) is 25.1 Å². The first kappa shape index (κ1) is 13.1. The molecular formula is C12H15F3N2O. The zero-order valence-electron chi connectivity index (χ0n) is 10.1. The van der Waals surface area contributed by atoms with Crippen LogP contribution in [0.25, 0.3) is 0 Å². The highest BCUT2D eigenvalue weighted by atomic mass is 19.4. The van der Waals surface area contributed by atoms with E-state index in [1.807, 2.05) is 7.05 Å². The molecule has 1 saturated heterocycles. The second-order valence-corrected chi connectivity index (χ2v) is 4.47. The Morgan fingerprint density at radius 2 is 2.22 bits per heavy atom. The molecule has 1 aromatic rings. The molecule has 0 N–H and O–H groups in total. The standard InChI is InChI=1S/C12H15F3N2O/c1-17-6-2-3-10(17)8-18-11-5-4-9(7-16-11)12(13,14)15/h4-5,7,10H,2-3,6,8H2,1H3/t10-/m1/s1. The summed E-state index contributed by atoms with van der Waals surface area (Å²) in [6.45, 7) is 1.50. The Kier molecular flexibility index (Phi) is 3.75. The van der Waals surface area contributed by atoms with Gasteiger partial charge in [0.1, 0.15) is 6.61 Å². The molecule has 1 aliphatic rings. The highest BCUT2D eigenvalue weighted by molar-refractivity contribution is 5.20. The minimum Gasteiger partial charge on any atom is -0.476 e. The van der Waals surface area contributed by atoms with E-state index in [0.29, 0.717) is 12.6 Å². The number of ether oxygens (including phenoxy) is 1. The van der Waals surface area contributed by atoms with Gasteiger partial charge < -0.3 is 9.64 Å². The van der Waals surface area contributed by atoms with Gasteiger partial charge in [0.05, 0.1) is 5.56 Å². The summed E-state index contributed by atoms with van der Waals surface area (Å²) < 4.78 is 42.4. The first-order valence-electron chi connectivity index (χ1n) is 5.83. The third-order valence-electron chi connectivity index (χ3n) is 3.16. The number of nitrogens with zero attached hydrogens (tertiary/aromatic N) is 2. The van der Waals surface area contributed by atoms with Crippen molar-refractivity contribution in [1.82, 2.24) is 9.88 Å². The third kappa shape index (κ3) is 3.13. The molecule has 2 heterocycles. The number of alkyl halides is 3. The van der Waals surface area contributed by atoms with Gasteiger partial charge in [0.2, 0.25) is 5.88 Å². The molecule has 100 valence electrons. The molecule has 0 spiro atoms. The van der Waals surface area contributed by atoms with Gasteiger partial charge in [0, 0.05) is 18.3 Å². The summed E-state index contributed by atoms with van der Waals surface area (Å²) in [6.07, 6.45) is -1.37. The average molecular weight is 260 g/mol. The Hall–Kier alpha value is -1.30. The van der Waals surface area contributed by atoms with Crippen LogP contribution >= 0.6 is 0 Å². The average Bonchev–Trinajstić information content (AvgIpc) is 2.72. The molecule has 1 aliphatic heterocycles. The fourth-order valence-corrected chi connectivity index (χ4v) is 2.00.